The quantitative estimate of drug-likeness (QED) is 0.198. The molecule has 2 aliphatic rings. The molecule has 7 N–H and O–H groups in total. The molecule has 0 radical (unpaired) electrons. The average Bonchev–Trinajstić information content (AvgIpc) is 3.13. The maximum absolute atomic E-state index is 12.7. The summed E-state index contributed by atoms with van der Waals surface area (Å²) in [6.07, 6.45) is 1.38. The van der Waals surface area contributed by atoms with E-state index in [1.54, 1.807) is 0 Å². The zero-order chi connectivity index (χ0) is 22.0. The first-order chi connectivity index (χ1) is 14.2. The van der Waals surface area contributed by atoms with Gasteiger partial charge >= 0.3 is 11.9 Å². The number of aromatic nitrogens is 1. The number of β-lactam (4-membered cyclic amide) rings is 1. The third-order valence-electron chi connectivity index (χ3n) is 4.06. The molecule has 0 aliphatic carbocycles. The second-order valence-electron chi connectivity index (χ2n) is 5.92. The van der Waals surface area contributed by atoms with E-state index in [1.165, 1.54) is 23.2 Å². The number of anilines is 1. The SMILES string of the molecule is C=CC1=C(C(=O)O)N2C(=O)C(NC(=O)C(=NOCC(=O)O)c3csc(N)n3)C2SC1.O. The van der Waals surface area contributed by atoms with Gasteiger partial charge in [-0.25, -0.2) is 14.6 Å². The second kappa shape index (κ2) is 9.59. The van der Waals surface area contributed by atoms with Crippen molar-refractivity contribution in [3.05, 3.63) is 35.0 Å². The van der Waals surface area contributed by atoms with Crippen molar-refractivity contribution in [2.45, 2.75) is 11.4 Å². The molecule has 0 spiro atoms. The third-order valence-corrected chi connectivity index (χ3v) is 6.03. The molecule has 1 saturated heterocycles. The van der Waals surface area contributed by atoms with Gasteiger partial charge in [-0.3, -0.25) is 14.5 Å². The third kappa shape index (κ3) is 4.68. The van der Waals surface area contributed by atoms with E-state index < -0.39 is 41.8 Å². The van der Waals surface area contributed by atoms with Gasteiger partial charge < -0.3 is 31.6 Å². The van der Waals surface area contributed by atoms with Crippen LogP contribution >= 0.6 is 23.1 Å². The number of carboxylic acid groups (broad SMARTS) is 2. The number of carbonyl (C=O) groups excluding carboxylic acids is 2. The molecule has 3 heterocycles. The molecule has 166 valence electrons. The molecular weight excluding hydrogens is 454 g/mol. The fourth-order valence-corrected chi connectivity index (χ4v) is 4.65. The lowest BCUT2D eigenvalue weighted by Gasteiger charge is -2.49. The van der Waals surface area contributed by atoms with Gasteiger partial charge in [0.2, 0.25) is 6.61 Å². The molecule has 31 heavy (non-hydrogen) atoms. The molecule has 0 aromatic carbocycles. The zero-order valence-electron chi connectivity index (χ0n) is 15.6. The largest absolute Gasteiger partial charge is 0.479 e. The first kappa shape index (κ1) is 23.8. The number of aliphatic carboxylic acids is 2. The van der Waals surface area contributed by atoms with Crippen LogP contribution in [-0.2, 0) is 24.0 Å². The van der Waals surface area contributed by atoms with Gasteiger partial charge in [-0.05, 0) is 5.57 Å². The minimum absolute atomic E-state index is 0. The summed E-state index contributed by atoms with van der Waals surface area (Å²) in [6.45, 7) is 2.77. The van der Waals surface area contributed by atoms with Crippen molar-refractivity contribution >= 4 is 57.7 Å². The number of amides is 2. The van der Waals surface area contributed by atoms with Gasteiger partial charge in [0.15, 0.2) is 10.8 Å². The van der Waals surface area contributed by atoms with Crippen molar-refractivity contribution in [1.29, 1.82) is 0 Å². The van der Waals surface area contributed by atoms with Gasteiger partial charge in [0.05, 0.1) is 0 Å². The number of thiazole rings is 1. The van der Waals surface area contributed by atoms with E-state index >= 15 is 0 Å². The highest BCUT2D eigenvalue weighted by Crippen LogP contribution is 2.40. The van der Waals surface area contributed by atoms with Gasteiger partial charge in [-0.15, -0.1) is 23.1 Å². The van der Waals surface area contributed by atoms with Crippen LogP contribution in [0.4, 0.5) is 5.13 Å². The summed E-state index contributed by atoms with van der Waals surface area (Å²) in [4.78, 5) is 57.1. The van der Waals surface area contributed by atoms with E-state index in [4.69, 9.17) is 10.8 Å². The van der Waals surface area contributed by atoms with Crippen LogP contribution in [0.1, 0.15) is 5.69 Å². The molecule has 1 fully saturated rings. The van der Waals surface area contributed by atoms with Crippen LogP contribution in [0.3, 0.4) is 0 Å². The van der Waals surface area contributed by atoms with Gasteiger partial charge in [-0.1, -0.05) is 17.8 Å². The van der Waals surface area contributed by atoms with Crippen molar-refractivity contribution in [1.82, 2.24) is 15.2 Å². The van der Waals surface area contributed by atoms with Crippen molar-refractivity contribution in [3.63, 3.8) is 0 Å². The summed E-state index contributed by atoms with van der Waals surface area (Å²) in [6, 6.07) is -1.01. The van der Waals surface area contributed by atoms with E-state index in [0.717, 1.165) is 16.2 Å². The van der Waals surface area contributed by atoms with Crippen LogP contribution < -0.4 is 11.1 Å². The molecule has 1 aromatic heterocycles. The van der Waals surface area contributed by atoms with Crippen LogP contribution in [0.15, 0.2) is 34.5 Å². The lowest BCUT2D eigenvalue weighted by atomic mass is 10.0. The Morgan fingerprint density at radius 3 is 2.71 bits per heavy atom. The normalized spacial score (nSPS) is 20.2. The van der Waals surface area contributed by atoms with Gasteiger partial charge in [-0.2, -0.15) is 0 Å². The Hall–Kier alpha value is -3.43. The van der Waals surface area contributed by atoms with Crippen LogP contribution in [0.5, 0.6) is 0 Å². The smallest absolute Gasteiger partial charge is 0.352 e. The number of oxime groups is 1. The summed E-state index contributed by atoms with van der Waals surface area (Å²) >= 11 is 2.30. The standard InChI is InChI=1S/C16H15N5O7S2.H2O/c1-2-6-4-29-14-10(13(25)21(14)11(6)15(26)27)19-12(24)9(20-28-3-8(22)23)7-5-30-16(17)18-7;/h2,5,10,14H,1,3-4H2,(H2,17,18)(H,19,24)(H,22,23)(H,26,27);1H2. The van der Waals surface area contributed by atoms with Crippen molar-refractivity contribution in [2.75, 3.05) is 18.1 Å². The summed E-state index contributed by atoms with van der Waals surface area (Å²) < 4.78 is 0. The van der Waals surface area contributed by atoms with E-state index in [-0.39, 0.29) is 27.7 Å². The van der Waals surface area contributed by atoms with Crippen LogP contribution in [0.25, 0.3) is 0 Å². The Labute approximate surface area is 182 Å². The lowest BCUT2D eigenvalue weighted by Crippen LogP contribution is -2.71. The summed E-state index contributed by atoms with van der Waals surface area (Å²) in [7, 11) is 0. The van der Waals surface area contributed by atoms with Crippen molar-refractivity contribution in [2.24, 2.45) is 5.16 Å². The number of nitrogen functional groups attached to an aromatic ring is 1. The summed E-state index contributed by atoms with van der Waals surface area (Å²) in [5.41, 5.74) is 5.48. The summed E-state index contributed by atoms with van der Waals surface area (Å²) in [5, 5.41) is 25.0. The highest BCUT2D eigenvalue weighted by atomic mass is 32.2. The number of hydrogen-bond acceptors (Lipinski definition) is 10. The highest BCUT2D eigenvalue weighted by Gasteiger charge is 2.54. The predicted molar refractivity (Wildman–Crippen MR) is 110 cm³/mol. The molecule has 13 nitrogen and oxygen atoms in total. The second-order valence-corrected chi connectivity index (χ2v) is 7.92. The number of fused-ring (bicyclic) bond motifs is 1. The van der Waals surface area contributed by atoms with Crippen LogP contribution in [-0.4, -0.2) is 78.8 Å². The average molecular weight is 471 g/mol. The van der Waals surface area contributed by atoms with Crippen LogP contribution in [0.2, 0.25) is 0 Å². The van der Waals surface area contributed by atoms with Crippen molar-refractivity contribution in [3.8, 4) is 0 Å². The van der Waals surface area contributed by atoms with E-state index in [2.05, 4.69) is 26.9 Å². The maximum Gasteiger partial charge on any atom is 0.352 e. The Morgan fingerprint density at radius 2 is 2.16 bits per heavy atom. The minimum atomic E-state index is -1.30. The molecule has 2 atom stereocenters. The number of carbonyl (C=O) groups is 4. The van der Waals surface area contributed by atoms with E-state index in [0.29, 0.717) is 11.3 Å². The molecule has 2 aliphatic heterocycles. The van der Waals surface area contributed by atoms with E-state index in [9.17, 15) is 24.3 Å². The number of rotatable bonds is 8. The highest BCUT2D eigenvalue weighted by molar-refractivity contribution is 8.00. The lowest BCUT2D eigenvalue weighted by molar-refractivity contribution is -0.150. The van der Waals surface area contributed by atoms with Gasteiger partial charge in [0.1, 0.15) is 22.8 Å². The minimum Gasteiger partial charge on any atom is -0.479 e. The fourth-order valence-electron chi connectivity index (χ4n) is 2.76. The first-order valence-electron chi connectivity index (χ1n) is 8.22. The number of nitrogens with zero attached hydrogens (tertiary/aromatic N) is 3. The van der Waals surface area contributed by atoms with Gasteiger partial charge in [0.25, 0.3) is 11.8 Å². The van der Waals surface area contributed by atoms with Gasteiger partial charge in [0, 0.05) is 11.1 Å². The molecule has 3 rings (SSSR count). The van der Waals surface area contributed by atoms with E-state index in [1.807, 2.05) is 0 Å². The molecule has 2 amide bonds. The number of carboxylic acids is 2. The van der Waals surface area contributed by atoms with Crippen molar-refractivity contribution < 1.29 is 39.7 Å². The molecule has 0 saturated carbocycles. The number of allylic oxidation sites excluding steroid dienone is 1. The molecular formula is C16H17N5O8S2. The number of nitrogens with one attached hydrogen (secondary N) is 1. The molecule has 15 heteroatoms. The predicted octanol–water partition coefficient (Wildman–Crippen LogP) is -1.37. The number of hydrogen-bond donors (Lipinski definition) is 4. The Bertz CT molecular complexity index is 1000. The Balaban J connectivity index is 0.00000341. The topological polar surface area (TPSA) is 216 Å². The summed E-state index contributed by atoms with van der Waals surface area (Å²) in [5.74, 6) is -3.72. The number of thioether (sulfide) groups is 1. The zero-order valence-corrected chi connectivity index (χ0v) is 17.2. The Kier molecular flexibility index (Phi) is 7.37. The monoisotopic (exact) mass is 471 g/mol. The maximum atomic E-state index is 12.7. The first-order valence-corrected chi connectivity index (χ1v) is 10.1. The Morgan fingerprint density at radius 1 is 1.45 bits per heavy atom. The molecule has 2 unspecified atom stereocenters. The fraction of sp³-hybridized carbons (Fsp3) is 0.250. The molecule has 1 aromatic rings. The van der Waals surface area contributed by atoms with Crippen LogP contribution in [0, 0.1) is 0 Å². The molecule has 0 bridgehead atoms. The number of nitrogens with two attached hydrogens (primary N) is 1.